The number of nitrogens with zero attached hydrogens (tertiary/aromatic N) is 3. The summed E-state index contributed by atoms with van der Waals surface area (Å²) in [6.07, 6.45) is 3.71. The molecule has 3 aromatic rings. The molecule has 0 aliphatic carbocycles. The van der Waals surface area contributed by atoms with Crippen molar-refractivity contribution in [2.75, 3.05) is 0 Å². The van der Waals surface area contributed by atoms with Gasteiger partial charge in [-0.3, -0.25) is 4.98 Å². The molecule has 216 valence electrons. The van der Waals surface area contributed by atoms with Crippen molar-refractivity contribution in [1.29, 1.82) is 0 Å². The van der Waals surface area contributed by atoms with Crippen molar-refractivity contribution in [1.82, 2.24) is 15.0 Å². The van der Waals surface area contributed by atoms with Crippen molar-refractivity contribution in [3.05, 3.63) is 87.3 Å². The normalized spacial score (nSPS) is 7.75. The Kier molecular flexibility index (Phi) is 41.5. The fraction of sp³-hybridized carbons (Fsp3) is 0.500. The number of pyridine rings is 3. The second-order valence-corrected chi connectivity index (χ2v) is 6.91. The monoisotopic (exact) mass is 1040 g/mol. The van der Waals surface area contributed by atoms with Gasteiger partial charge in [-0.05, 0) is 39.3 Å². The molecule has 3 nitrogen and oxygen atoms in total. The van der Waals surface area contributed by atoms with Crippen LogP contribution in [0.2, 0.25) is 0 Å². The molecule has 0 radical (unpaired) electrons. The van der Waals surface area contributed by atoms with Gasteiger partial charge < -0.3 is 9.97 Å². The number of aromatic nitrogens is 3. The summed E-state index contributed by atoms with van der Waals surface area (Å²) < 4.78 is 0. The Morgan fingerprint density at radius 3 is 1.36 bits per heavy atom. The minimum absolute atomic E-state index is 0. The number of aryl methyl sites for hydroxylation is 9. The third-order valence-corrected chi connectivity index (χ3v) is 4.28. The van der Waals surface area contributed by atoms with Gasteiger partial charge in [-0.1, -0.05) is 99.1 Å². The average Bonchev–Trinajstić information content (AvgIpc) is 2.81. The van der Waals surface area contributed by atoms with Gasteiger partial charge >= 0.3 is 0 Å². The molecule has 0 aliphatic rings. The maximum Gasteiger partial charge on any atom is 0.0404 e. The molecular weight excluding hydrogens is 988 g/mol. The fourth-order valence-electron chi connectivity index (χ4n) is 2.16. The predicted octanol–water partition coefficient (Wildman–Crippen LogP) is 8.69. The van der Waals surface area contributed by atoms with Crippen LogP contribution in [0.5, 0.6) is 0 Å². The van der Waals surface area contributed by atoms with E-state index in [1.54, 1.807) is 0 Å². The quantitative estimate of drug-likeness (QED) is 0.212. The smallest absolute Gasteiger partial charge is 0.0404 e. The molecule has 0 aromatic carbocycles. The van der Waals surface area contributed by atoms with Crippen molar-refractivity contribution in [2.45, 2.75) is 104 Å². The van der Waals surface area contributed by atoms with E-state index in [-0.39, 0.29) is 63.2 Å². The SMILES string of the molecule is CC.CC.CC.Cc1[c-]c(C)c(C)cn1.Cc1[c-]c(C)c(C)nc1.Cc1ccc(C)c(C)n1.[Pt].[Pt].[Pt]. The summed E-state index contributed by atoms with van der Waals surface area (Å²) in [6.45, 7) is 30.2. The fourth-order valence-corrected chi connectivity index (χ4v) is 2.16. The van der Waals surface area contributed by atoms with E-state index < -0.39 is 0 Å². The van der Waals surface area contributed by atoms with E-state index in [0.29, 0.717) is 0 Å². The molecule has 0 spiro atoms. The molecule has 3 rings (SSSR count). The second-order valence-electron chi connectivity index (χ2n) is 6.91. The Balaban J connectivity index is -0.0000000816. The Bertz CT molecular complexity index is 781. The summed E-state index contributed by atoms with van der Waals surface area (Å²) in [6, 6.07) is 10.4. The molecule has 36 heavy (non-hydrogen) atoms. The summed E-state index contributed by atoms with van der Waals surface area (Å²) in [5.41, 5.74) is 10.2. The molecule has 0 bridgehead atoms. The maximum atomic E-state index is 4.27. The maximum absolute atomic E-state index is 4.27. The number of hydrogen-bond donors (Lipinski definition) is 0. The third-order valence-electron chi connectivity index (χ3n) is 4.28. The standard InChI is InChI=1S/2C8H10N.C8H11N.3C2H6.3Pt/c1-6-4-8(3)9-5-7(6)2;1-6-4-7(2)8(3)9-5-6;1-6-4-5-7(2)9-8(6)3;3*1-2;;;/h2*5H,1-3H3;4-5H,1-3H3;3*1-2H3;;;/q2*-1;;;;;;;. The van der Waals surface area contributed by atoms with Crippen LogP contribution in [0.4, 0.5) is 0 Å². The molecule has 0 N–H and O–H groups in total. The molecule has 0 atom stereocenters. The van der Waals surface area contributed by atoms with Crippen LogP contribution in [0, 0.1) is 74.4 Å². The van der Waals surface area contributed by atoms with E-state index in [0.717, 1.165) is 33.9 Å². The Hall–Kier alpha value is -0.485. The van der Waals surface area contributed by atoms with Crippen molar-refractivity contribution < 1.29 is 63.2 Å². The molecule has 0 aliphatic heterocycles. The van der Waals surface area contributed by atoms with Crippen LogP contribution in [0.1, 0.15) is 92.1 Å². The summed E-state index contributed by atoms with van der Waals surface area (Å²) in [4.78, 5) is 12.5. The minimum atomic E-state index is 0. The predicted molar refractivity (Wildman–Crippen MR) is 147 cm³/mol. The summed E-state index contributed by atoms with van der Waals surface area (Å²) in [7, 11) is 0. The van der Waals surface area contributed by atoms with Crippen LogP contribution < -0.4 is 0 Å². The first-order chi connectivity index (χ1) is 15.6. The van der Waals surface area contributed by atoms with Crippen LogP contribution in [-0.4, -0.2) is 15.0 Å². The van der Waals surface area contributed by atoms with Gasteiger partial charge in [-0.25, -0.2) is 11.6 Å². The molecule has 3 aromatic heterocycles. The third kappa shape index (κ3) is 23.9. The zero-order valence-corrected chi connectivity index (χ0v) is 31.9. The van der Waals surface area contributed by atoms with Crippen molar-refractivity contribution in [3.63, 3.8) is 0 Å². The van der Waals surface area contributed by atoms with Gasteiger partial charge in [0.05, 0.1) is 0 Å². The molecule has 0 saturated heterocycles. The van der Waals surface area contributed by atoms with E-state index in [1.807, 2.05) is 115 Å². The molecule has 6 heteroatoms. The summed E-state index contributed by atoms with van der Waals surface area (Å²) >= 11 is 0. The molecule has 3 heterocycles. The number of hydrogen-bond acceptors (Lipinski definition) is 3. The Morgan fingerprint density at radius 1 is 0.528 bits per heavy atom. The van der Waals surface area contributed by atoms with Gasteiger partial charge in [-0.15, -0.1) is 18.1 Å². The Labute approximate surface area is 267 Å². The number of rotatable bonds is 0. The van der Waals surface area contributed by atoms with Crippen molar-refractivity contribution in [2.24, 2.45) is 0 Å². The first kappa shape index (κ1) is 48.6. The van der Waals surface area contributed by atoms with Gasteiger partial charge in [0.25, 0.3) is 0 Å². The first-order valence-corrected chi connectivity index (χ1v) is 12.1. The van der Waals surface area contributed by atoms with Gasteiger partial charge in [0.15, 0.2) is 0 Å². The zero-order valence-electron chi connectivity index (χ0n) is 25.1. The van der Waals surface area contributed by atoms with Crippen LogP contribution in [0.3, 0.4) is 0 Å². The van der Waals surface area contributed by atoms with Gasteiger partial charge in [-0.2, -0.15) is 11.6 Å². The van der Waals surface area contributed by atoms with E-state index in [2.05, 4.69) is 40.1 Å². The average molecular weight is 1040 g/mol. The van der Waals surface area contributed by atoms with E-state index in [1.165, 1.54) is 16.7 Å². The van der Waals surface area contributed by atoms with Crippen LogP contribution in [0.15, 0.2) is 24.5 Å². The van der Waals surface area contributed by atoms with Crippen LogP contribution in [-0.2, 0) is 63.2 Å². The molecule has 0 amide bonds. The second kappa shape index (κ2) is 30.7. The summed E-state index contributed by atoms with van der Waals surface area (Å²) in [5.74, 6) is 0. The zero-order chi connectivity index (χ0) is 26.6. The van der Waals surface area contributed by atoms with Crippen LogP contribution in [0.25, 0.3) is 0 Å². The topological polar surface area (TPSA) is 38.7 Å². The first-order valence-electron chi connectivity index (χ1n) is 12.1. The Morgan fingerprint density at radius 2 is 1.03 bits per heavy atom. The molecule has 0 saturated carbocycles. The van der Waals surface area contributed by atoms with Crippen molar-refractivity contribution >= 4 is 0 Å². The molecule has 0 fully saturated rings. The minimum Gasteiger partial charge on any atom is -0.387 e. The largest absolute Gasteiger partial charge is 0.387 e. The van der Waals surface area contributed by atoms with Gasteiger partial charge in [0.2, 0.25) is 0 Å². The van der Waals surface area contributed by atoms with E-state index >= 15 is 0 Å². The van der Waals surface area contributed by atoms with E-state index in [4.69, 9.17) is 0 Å². The van der Waals surface area contributed by atoms with Crippen molar-refractivity contribution in [3.8, 4) is 0 Å². The molecule has 0 unspecified atom stereocenters. The summed E-state index contributed by atoms with van der Waals surface area (Å²) in [5, 5.41) is 0. The van der Waals surface area contributed by atoms with Gasteiger partial charge in [0.1, 0.15) is 0 Å². The van der Waals surface area contributed by atoms with Crippen LogP contribution >= 0.6 is 0 Å². The van der Waals surface area contributed by atoms with Gasteiger partial charge in [0, 0.05) is 74.6 Å². The molecular formula is C30H49N3Pt3-2. The van der Waals surface area contributed by atoms with E-state index in [9.17, 15) is 0 Å².